The number of hydrogen-bond acceptors (Lipinski definition) is 2. The van der Waals surface area contributed by atoms with Gasteiger partial charge in [-0.15, -0.1) is 0 Å². The fraction of sp³-hybridized carbons (Fsp3) is 0.250. The third kappa shape index (κ3) is 1.97. The summed E-state index contributed by atoms with van der Waals surface area (Å²) in [5, 5.41) is 19.9. The Morgan fingerprint density at radius 2 is 1.37 bits per heavy atom. The molecule has 0 N–H and O–H groups in total. The first-order valence-electron chi connectivity index (χ1n) is 23.7. The van der Waals surface area contributed by atoms with Gasteiger partial charge in [-0.2, -0.15) is 0 Å². The van der Waals surface area contributed by atoms with Crippen molar-refractivity contribution in [2.24, 2.45) is 11.3 Å². The number of esters is 1. The molecule has 0 saturated heterocycles. The standard InChI is InChI=1S/C60H32O2/c1-62-32(61)8-5-13-58(25-6-3-2-4-7-25)59-30-11-12-31-29-19-24-17-21-15-22-14-20-16-23-18-28-26-9-10-27(30)40-38(26)46-39(28)44-35(23)33(20)42-37(22)43-34(21)36(24)45-41(29)57(60(31,58)59)55-53-50(45)48(43)47(42)49(44)51(53)52(46)54(55)56(40)59/h2-4,6-7,9-12,14-15,18-19,22,26,31,37,55,57H,5,8,13,16-17H2,1H3. The van der Waals surface area contributed by atoms with Gasteiger partial charge in [-0.3, -0.25) is 4.79 Å². The van der Waals surface area contributed by atoms with Gasteiger partial charge < -0.3 is 4.74 Å². The number of ether oxygens (including phenoxy) is 1. The van der Waals surface area contributed by atoms with Crippen LogP contribution in [-0.2, 0) is 33.2 Å². The second-order valence-corrected chi connectivity index (χ2v) is 22.3. The zero-order valence-electron chi connectivity index (χ0n) is 33.8. The van der Waals surface area contributed by atoms with Gasteiger partial charge in [-0.1, -0.05) is 78.9 Å². The molecular formula is C60H32O2. The first-order valence-corrected chi connectivity index (χ1v) is 23.7. The fourth-order valence-corrected chi connectivity index (χ4v) is 21.2. The molecule has 9 unspecified atom stereocenters. The molecule has 2 heteroatoms. The lowest BCUT2D eigenvalue weighted by Gasteiger charge is -2.44. The second-order valence-electron chi connectivity index (χ2n) is 22.3. The van der Waals surface area contributed by atoms with E-state index in [1.165, 1.54) is 11.1 Å². The zero-order valence-corrected chi connectivity index (χ0v) is 33.8. The molecule has 14 aliphatic carbocycles. The van der Waals surface area contributed by atoms with Crippen LogP contribution in [0.3, 0.4) is 0 Å². The first-order chi connectivity index (χ1) is 30.7. The van der Waals surface area contributed by atoms with E-state index < -0.39 is 0 Å². The van der Waals surface area contributed by atoms with Gasteiger partial charge in [-0.25, -0.2) is 0 Å². The first kappa shape index (κ1) is 28.4. The Labute approximate surface area is 354 Å². The molecule has 0 amide bonds. The van der Waals surface area contributed by atoms with Gasteiger partial charge in [0.05, 0.1) is 7.11 Å². The molecule has 9 atom stereocenters. The number of carbonyl (C=O) groups is 1. The van der Waals surface area contributed by atoms with Gasteiger partial charge in [0, 0.05) is 58.2 Å². The van der Waals surface area contributed by atoms with Gasteiger partial charge in [0.15, 0.2) is 0 Å². The van der Waals surface area contributed by atoms with Crippen molar-refractivity contribution in [3.63, 3.8) is 0 Å². The van der Waals surface area contributed by atoms with Crippen molar-refractivity contribution in [2.45, 2.75) is 72.5 Å². The van der Waals surface area contributed by atoms with Crippen molar-refractivity contribution in [2.75, 3.05) is 7.11 Å². The monoisotopic (exact) mass is 784 g/mol. The van der Waals surface area contributed by atoms with Gasteiger partial charge >= 0.3 is 5.97 Å². The summed E-state index contributed by atoms with van der Waals surface area (Å²) in [6, 6.07) is 17.4. The van der Waals surface area contributed by atoms with Gasteiger partial charge in [0.25, 0.3) is 0 Å². The van der Waals surface area contributed by atoms with Crippen LogP contribution < -0.4 is 0 Å². The lowest BCUT2D eigenvalue weighted by Crippen LogP contribution is -2.36. The average Bonchev–Trinajstić information content (AvgIpc) is 4.05. The van der Waals surface area contributed by atoms with Crippen LogP contribution >= 0.6 is 0 Å². The summed E-state index contributed by atoms with van der Waals surface area (Å²) in [5.41, 5.74) is 30.9. The second kappa shape index (κ2) is 7.55. The normalized spacial score (nSPS) is 34.2. The third-order valence-corrected chi connectivity index (χ3v) is 21.6. The Morgan fingerprint density at radius 3 is 2.19 bits per heavy atom. The molecule has 22 rings (SSSR count). The highest BCUT2D eigenvalue weighted by atomic mass is 16.5. The predicted octanol–water partition coefficient (Wildman–Crippen LogP) is 12.5. The van der Waals surface area contributed by atoms with Gasteiger partial charge in [0.1, 0.15) is 0 Å². The highest BCUT2D eigenvalue weighted by Gasteiger charge is 2.97. The number of hydrogen-bond donors (Lipinski definition) is 0. The molecule has 62 heavy (non-hydrogen) atoms. The summed E-state index contributed by atoms with van der Waals surface area (Å²) < 4.78 is 5.39. The van der Waals surface area contributed by atoms with E-state index in [1.807, 2.05) is 0 Å². The predicted molar refractivity (Wildman–Crippen MR) is 244 cm³/mol. The SMILES string of the molecule is COC(=O)CCCC1(c2ccccc2)C23C4=C5C=CC6c7c5c2c2c5c7c7c6cc6c8c9c%10c%11c%12c%13c%14c%15c(cc%16c%17c%15c%12c(c5c%11c87)C2C%17C13C%16C=C4)CC%14=CC(C=C9C6)C%13%10. The molecule has 2 nitrogen and oxygen atoms in total. The Balaban J connectivity index is 1.08. The number of carbonyl (C=O) groups excluding carboxylic acids is 1. The van der Waals surface area contributed by atoms with Gasteiger partial charge in [0.2, 0.25) is 0 Å². The fourth-order valence-electron chi connectivity index (χ4n) is 21.2. The van der Waals surface area contributed by atoms with E-state index in [0.717, 1.165) is 25.7 Å². The highest BCUT2D eigenvalue weighted by molar-refractivity contribution is 6.48. The number of fused-ring (bicyclic) bond motifs is 2. The number of allylic oxidation sites excluding steroid dienone is 10. The van der Waals surface area contributed by atoms with E-state index in [4.69, 9.17) is 4.74 Å². The molecule has 0 aliphatic heterocycles. The van der Waals surface area contributed by atoms with E-state index in [-0.39, 0.29) is 28.1 Å². The van der Waals surface area contributed by atoms with Crippen LogP contribution in [0, 0.1) is 11.3 Å². The molecule has 0 aromatic heterocycles. The minimum atomic E-state index is -0.181. The van der Waals surface area contributed by atoms with Crippen LogP contribution in [0.5, 0.6) is 0 Å². The molecule has 1 fully saturated rings. The van der Waals surface area contributed by atoms with Crippen molar-refractivity contribution < 1.29 is 9.53 Å². The molecule has 284 valence electrons. The molecule has 0 bridgehead atoms. The molecule has 0 heterocycles. The summed E-state index contributed by atoms with van der Waals surface area (Å²) in [5.74, 6) is 2.09. The summed E-state index contributed by atoms with van der Waals surface area (Å²) in [6.07, 6.45) is 20.7. The van der Waals surface area contributed by atoms with E-state index in [1.54, 1.807) is 166 Å². The van der Waals surface area contributed by atoms with Crippen molar-refractivity contribution >= 4 is 87.3 Å². The summed E-state index contributed by atoms with van der Waals surface area (Å²) in [6.45, 7) is 0. The van der Waals surface area contributed by atoms with Crippen LogP contribution in [0.25, 0.3) is 81.4 Å². The zero-order chi connectivity index (χ0) is 38.9. The topological polar surface area (TPSA) is 26.3 Å². The number of benzene rings is 8. The molecule has 2 spiro atoms. The van der Waals surface area contributed by atoms with Crippen molar-refractivity contribution in [3.05, 3.63) is 168 Å². The van der Waals surface area contributed by atoms with Crippen LogP contribution in [0.4, 0.5) is 0 Å². The average molecular weight is 785 g/mol. The molecule has 8 aromatic rings. The largest absolute Gasteiger partial charge is 0.469 e. The van der Waals surface area contributed by atoms with Crippen molar-refractivity contribution in [1.29, 1.82) is 0 Å². The number of methoxy groups -OCH3 is 1. The minimum Gasteiger partial charge on any atom is -0.469 e. The van der Waals surface area contributed by atoms with Gasteiger partial charge in [-0.05, 0) is 196 Å². The van der Waals surface area contributed by atoms with Crippen LogP contribution in [-0.4, -0.2) is 13.1 Å². The Bertz CT molecular complexity index is 4280. The maximum Gasteiger partial charge on any atom is 0.305 e. The molecule has 8 aromatic carbocycles. The highest BCUT2D eigenvalue weighted by Crippen LogP contribution is 3.00. The Kier molecular flexibility index (Phi) is 3.45. The third-order valence-electron chi connectivity index (χ3n) is 21.6. The smallest absolute Gasteiger partial charge is 0.305 e. The van der Waals surface area contributed by atoms with Crippen LogP contribution in [0.1, 0.15) is 132 Å². The van der Waals surface area contributed by atoms with E-state index in [2.05, 4.69) is 78.9 Å². The maximum atomic E-state index is 13.2. The maximum absolute atomic E-state index is 13.2. The van der Waals surface area contributed by atoms with E-state index >= 15 is 0 Å². The molecule has 1 saturated carbocycles. The van der Waals surface area contributed by atoms with E-state index in [9.17, 15) is 4.79 Å². The van der Waals surface area contributed by atoms with Crippen LogP contribution in [0.2, 0.25) is 0 Å². The van der Waals surface area contributed by atoms with Crippen LogP contribution in [0.15, 0.2) is 84.5 Å². The Hall–Kier alpha value is -6.25. The summed E-state index contributed by atoms with van der Waals surface area (Å²) in [7, 11) is 1.57. The summed E-state index contributed by atoms with van der Waals surface area (Å²) in [4.78, 5) is 13.2. The molecular weight excluding hydrogens is 753 g/mol. The quantitative estimate of drug-likeness (QED) is 0.0987. The summed E-state index contributed by atoms with van der Waals surface area (Å²) >= 11 is 0. The molecule has 14 aliphatic rings. The number of rotatable bonds is 5. The van der Waals surface area contributed by atoms with E-state index in [0.29, 0.717) is 36.0 Å². The van der Waals surface area contributed by atoms with Crippen molar-refractivity contribution in [3.8, 4) is 0 Å². The lowest BCUT2D eigenvalue weighted by atomic mass is 9.57. The molecule has 0 radical (unpaired) electrons. The van der Waals surface area contributed by atoms with Crippen molar-refractivity contribution in [1.82, 2.24) is 0 Å². The lowest BCUT2D eigenvalue weighted by molar-refractivity contribution is -0.140. The minimum absolute atomic E-state index is 0.0749. The Morgan fingerprint density at radius 1 is 0.677 bits per heavy atom.